The number of likely N-dealkylation sites (N-methyl/N-ethyl adjacent to an activating group) is 1. The summed E-state index contributed by atoms with van der Waals surface area (Å²) in [4.78, 5) is 2.28. The zero-order valence-corrected chi connectivity index (χ0v) is 23.1. The van der Waals surface area contributed by atoms with Crippen LogP contribution in [0.3, 0.4) is 0 Å². The molecule has 0 aromatic heterocycles. The van der Waals surface area contributed by atoms with Gasteiger partial charge < -0.3 is 19.5 Å². The van der Waals surface area contributed by atoms with Crippen molar-refractivity contribution in [1.82, 2.24) is 9.21 Å². The van der Waals surface area contributed by atoms with Gasteiger partial charge in [0.25, 0.3) is 0 Å². The van der Waals surface area contributed by atoms with Gasteiger partial charge in [0.05, 0.1) is 12.2 Å². The molecule has 2 heterocycles. The summed E-state index contributed by atoms with van der Waals surface area (Å²) < 4.78 is 54.7. The van der Waals surface area contributed by atoms with Gasteiger partial charge in [-0.1, -0.05) is 30.9 Å². The van der Waals surface area contributed by atoms with Gasteiger partial charge in [-0.15, -0.1) is 0 Å². The molecule has 0 aliphatic carbocycles. The normalized spacial score (nSPS) is 22.9. The molecule has 38 heavy (non-hydrogen) atoms. The minimum absolute atomic E-state index is 0.0400. The van der Waals surface area contributed by atoms with E-state index in [1.165, 1.54) is 16.4 Å². The van der Waals surface area contributed by atoms with Crippen LogP contribution < -0.4 is 4.74 Å². The summed E-state index contributed by atoms with van der Waals surface area (Å²) in [7, 11) is -1.88. The highest BCUT2D eigenvalue weighted by Gasteiger charge is 2.38. The Bertz CT molecular complexity index is 1270. The lowest BCUT2D eigenvalue weighted by molar-refractivity contribution is 0.0402. The van der Waals surface area contributed by atoms with Crippen molar-refractivity contribution in [2.45, 2.75) is 43.7 Å². The zero-order valence-electron chi connectivity index (χ0n) is 22.3. The molecule has 0 amide bonds. The monoisotopic (exact) mass is 544 g/mol. The molecule has 0 spiro atoms. The van der Waals surface area contributed by atoms with Crippen molar-refractivity contribution in [3.05, 3.63) is 59.4 Å². The number of ether oxygens (including phenoxy) is 2. The summed E-state index contributed by atoms with van der Waals surface area (Å²) in [6.07, 6.45) is 1.76. The third-order valence-corrected chi connectivity index (χ3v) is 9.30. The summed E-state index contributed by atoms with van der Waals surface area (Å²) in [6.45, 7) is 6.71. The fraction of sp³-hybridized carbons (Fsp3) is 0.517. The van der Waals surface area contributed by atoms with E-state index in [1.54, 1.807) is 37.3 Å². The summed E-state index contributed by atoms with van der Waals surface area (Å²) in [5, 5.41) is 9.85. The van der Waals surface area contributed by atoms with Crippen molar-refractivity contribution in [2.75, 3.05) is 46.5 Å². The third kappa shape index (κ3) is 6.74. The smallest absolute Gasteiger partial charge is 0.247 e. The first-order valence-electron chi connectivity index (χ1n) is 13.1. The minimum atomic E-state index is -3.94. The number of rotatable bonds is 6. The number of sulfonamides is 1. The molecule has 1 saturated heterocycles. The highest BCUT2D eigenvalue weighted by Crippen LogP contribution is 2.34. The van der Waals surface area contributed by atoms with Crippen LogP contribution in [0, 0.1) is 29.5 Å². The summed E-state index contributed by atoms with van der Waals surface area (Å²) in [6, 6.07) is 10.4. The number of fused-ring (bicyclic) bond motifs is 1. The van der Waals surface area contributed by atoms with Crippen molar-refractivity contribution < 1.29 is 27.4 Å². The van der Waals surface area contributed by atoms with E-state index in [9.17, 15) is 17.9 Å². The lowest BCUT2D eigenvalue weighted by Gasteiger charge is -2.38. The Labute approximate surface area is 225 Å². The molecule has 2 aromatic carbocycles. The Balaban J connectivity index is 1.67. The molecule has 3 atom stereocenters. The topological polar surface area (TPSA) is 79.3 Å². The SMILES string of the molecule is C[C@@H]1CN([C@H](C)CO)S(=O)(=O)c2ccc(C#Cc3ccccc3F)cc2O[C@H]1CN(C)CC1CCOCC1. The first-order chi connectivity index (χ1) is 18.2. The fourth-order valence-electron chi connectivity index (χ4n) is 4.97. The van der Waals surface area contributed by atoms with Crippen molar-refractivity contribution in [1.29, 1.82) is 0 Å². The lowest BCUT2D eigenvalue weighted by atomic mass is 9.98. The van der Waals surface area contributed by atoms with Crippen LogP contribution in [0.15, 0.2) is 47.4 Å². The first-order valence-corrected chi connectivity index (χ1v) is 14.6. The molecule has 2 aliphatic heterocycles. The van der Waals surface area contributed by atoms with Gasteiger partial charge in [0.15, 0.2) is 0 Å². The second kappa shape index (κ2) is 12.6. The molecule has 2 aliphatic rings. The van der Waals surface area contributed by atoms with Crippen LogP contribution in [-0.2, 0) is 14.8 Å². The van der Waals surface area contributed by atoms with Crippen LogP contribution in [0.4, 0.5) is 4.39 Å². The Hall–Kier alpha value is -2.48. The number of benzene rings is 2. The van der Waals surface area contributed by atoms with Gasteiger partial charge in [0.1, 0.15) is 22.6 Å². The molecule has 206 valence electrons. The maximum Gasteiger partial charge on any atom is 0.247 e. The molecule has 1 N–H and O–H groups in total. The lowest BCUT2D eigenvalue weighted by Crippen LogP contribution is -2.50. The number of hydrogen-bond acceptors (Lipinski definition) is 6. The molecule has 2 aromatic rings. The van der Waals surface area contributed by atoms with Crippen LogP contribution in [0.25, 0.3) is 0 Å². The van der Waals surface area contributed by atoms with Gasteiger partial charge >= 0.3 is 0 Å². The summed E-state index contributed by atoms with van der Waals surface area (Å²) in [5.74, 6) is 5.98. The van der Waals surface area contributed by atoms with Crippen molar-refractivity contribution in [3.8, 4) is 17.6 Å². The van der Waals surface area contributed by atoms with E-state index in [0.717, 1.165) is 32.6 Å². The third-order valence-electron chi connectivity index (χ3n) is 7.28. The number of aliphatic hydroxyl groups is 1. The number of nitrogens with zero attached hydrogens (tertiary/aromatic N) is 2. The first kappa shape index (κ1) is 28.5. The quantitative estimate of drug-likeness (QED) is 0.562. The van der Waals surface area contributed by atoms with Crippen molar-refractivity contribution in [2.24, 2.45) is 11.8 Å². The minimum Gasteiger partial charge on any atom is -0.487 e. The highest BCUT2D eigenvalue weighted by atomic mass is 32.2. The Kier molecular flexibility index (Phi) is 9.45. The summed E-state index contributed by atoms with van der Waals surface area (Å²) in [5.41, 5.74) is 0.781. The molecule has 7 nitrogen and oxygen atoms in total. The zero-order chi connectivity index (χ0) is 27.3. The predicted octanol–water partition coefficient (Wildman–Crippen LogP) is 3.35. The molecule has 0 unspecified atom stereocenters. The molecule has 0 bridgehead atoms. The van der Waals surface area contributed by atoms with Gasteiger partial charge in [-0.05, 0) is 63.1 Å². The number of halogens is 1. The standard InChI is InChI=1S/C29H37FN2O5S/c1-21-17-32(22(2)20-33)38(34,35)29-11-9-23(8-10-25-6-4-5-7-26(25)30)16-27(29)37-28(21)19-31(3)18-24-12-14-36-15-13-24/h4-7,9,11,16,21-22,24,28,33H,12-15,17-20H2,1-3H3/t21-,22-,28+/m1/s1. The van der Waals surface area contributed by atoms with E-state index in [0.29, 0.717) is 18.0 Å². The summed E-state index contributed by atoms with van der Waals surface area (Å²) >= 11 is 0. The van der Waals surface area contributed by atoms with Crippen LogP contribution in [0.1, 0.15) is 37.8 Å². The Morgan fingerprint density at radius 2 is 1.89 bits per heavy atom. The van der Waals surface area contributed by atoms with Crippen LogP contribution in [0.5, 0.6) is 5.75 Å². The molecule has 4 rings (SSSR count). The van der Waals surface area contributed by atoms with Crippen LogP contribution >= 0.6 is 0 Å². The Morgan fingerprint density at radius 1 is 1.16 bits per heavy atom. The molecule has 0 saturated carbocycles. The van der Waals surface area contributed by atoms with Crippen molar-refractivity contribution >= 4 is 10.0 Å². The van der Waals surface area contributed by atoms with Crippen LogP contribution in [-0.4, -0.2) is 81.4 Å². The van der Waals surface area contributed by atoms with Crippen LogP contribution in [0.2, 0.25) is 0 Å². The number of hydrogen-bond donors (Lipinski definition) is 1. The van der Waals surface area contributed by atoms with E-state index in [-0.39, 0.29) is 41.4 Å². The van der Waals surface area contributed by atoms with E-state index in [1.807, 2.05) is 6.92 Å². The second-order valence-corrected chi connectivity index (χ2v) is 12.3. The van der Waals surface area contributed by atoms with E-state index in [4.69, 9.17) is 9.47 Å². The van der Waals surface area contributed by atoms with Gasteiger partial charge in [-0.3, -0.25) is 0 Å². The van der Waals surface area contributed by atoms with E-state index < -0.39 is 21.9 Å². The predicted molar refractivity (Wildman–Crippen MR) is 144 cm³/mol. The molecule has 9 heteroatoms. The highest BCUT2D eigenvalue weighted by molar-refractivity contribution is 7.89. The number of aliphatic hydroxyl groups excluding tert-OH is 1. The van der Waals surface area contributed by atoms with Gasteiger partial charge in [0, 0.05) is 50.4 Å². The molecular weight excluding hydrogens is 507 g/mol. The van der Waals surface area contributed by atoms with Gasteiger partial charge in [-0.25, -0.2) is 12.8 Å². The molecular formula is C29H37FN2O5S. The van der Waals surface area contributed by atoms with Gasteiger partial charge in [0.2, 0.25) is 10.0 Å². The second-order valence-electron chi connectivity index (χ2n) is 10.4. The average Bonchev–Trinajstić information content (AvgIpc) is 2.90. The maximum atomic E-state index is 14.1. The average molecular weight is 545 g/mol. The van der Waals surface area contributed by atoms with E-state index >= 15 is 0 Å². The van der Waals surface area contributed by atoms with E-state index in [2.05, 4.69) is 23.8 Å². The largest absolute Gasteiger partial charge is 0.487 e. The molecule has 1 fully saturated rings. The maximum absolute atomic E-state index is 14.1. The molecule has 0 radical (unpaired) electrons. The van der Waals surface area contributed by atoms with Gasteiger partial charge in [-0.2, -0.15) is 4.31 Å². The fourth-order valence-corrected chi connectivity index (χ4v) is 6.80. The van der Waals surface area contributed by atoms with Crippen molar-refractivity contribution in [3.63, 3.8) is 0 Å². The Morgan fingerprint density at radius 3 is 2.61 bits per heavy atom.